The molecule has 3 aromatic rings. The Morgan fingerprint density at radius 1 is 1.14 bits per heavy atom. The summed E-state index contributed by atoms with van der Waals surface area (Å²) in [5, 5.41) is 7.68. The summed E-state index contributed by atoms with van der Waals surface area (Å²) in [7, 11) is -3.67. The van der Waals surface area contributed by atoms with E-state index in [9.17, 15) is 22.0 Å². The maximum atomic E-state index is 13.4. The minimum Gasteiger partial charge on any atom is -0.353 e. The Hall–Kier alpha value is -3.47. The first-order chi connectivity index (χ1) is 17.7. The van der Waals surface area contributed by atoms with Gasteiger partial charge in [0.05, 0.1) is 45.1 Å². The van der Waals surface area contributed by atoms with Gasteiger partial charge in [0.1, 0.15) is 11.5 Å². The largest absolute Gasteiger partial charge is 0.353 e. The van der Waals surface area contributed by atoms with Crippen molar-refractivity contribution in [2.24, 2.45) is 10.9 Å². The molecule has 0 spiro atoms. The minimum absolute atomic E-state index is 0.0344. The Kier molecular flexibility index (Phi) is 5.70. The molecule has 2 aromatic heterocycles. The number of hydrogen-bond donors (Lipinski definition) is 1. The van der Waals surface area contributed by atoms with Crippen LogP contribution in [0.25, 0.3) is 11.3 Å². The van der Waals surface area contributed by atoms with Gasteiger partial charge in [-0.2, -0.15) is 5.10 Å². The Morgan fingerprint density at radius 3 is 2.59 bits per heavy atom. The van der Waals surface area contributed by atoms with Crippen molar-refractivity contribution >= 4 is 38.4 Å². The van der Waals surface area contributed by atoms with Gasteiger partial charge >= 0.3 is 0 Å². The number of aromatic nitrogens is 3. The van der Waals surface area contributed by atoms with E-state index in [1.807, 2.05) is 16.9 Å². The van der Waals surface area contributed by atoms with E-state index in [2.05, 4.69) is 20.4 Å². The van der Waals surface area contributed by atoms with Crippen molar-refractivity contribution in [2.75, 3.05) is 11.6 Å². The van der Waals surface area contributed by atoms with Gasteiger partial charge in [-0.05, 0) is 49.9 Å². The van der Waals surface area contributed by atoms with Crippen molar-refractivity contribution in [1.29, 1.82) is 0 Å². The highest BCUT2D eigenvalue weighted by atomic mass is 32.2. The van der Waals surface area contributed by atoms with Crippen molar-refractivity contribution in [3.05, 3.63) is 47.9 Å². The molecule has 1 aromatic carbocycles. The summed E-state index contributed by atoms with van der Waals surface area (Å²) in [6.07, 6.45) is 4.13. The van der Waals surface area contributed by atoms with Gasteiger partial charge in [-0.15, -0.1) is 0 Å². The molecule has 1 N–H and O–H groups in total. The first kappa shape index (κ1) is 23.9. The second-order valence-electron chi connectivity index (χ2n) is 9.97. The number of rotatable bonds is 9. The number of halogens is 2. The van der Waals surface area contributed by atoms with Crippen LogP contribution < -0.4 is 5.32 Å². The molecule has 0 radical (unpaired) electrons. The van der Waals surface area contributed by atoms with Gasteiger partial charge in [-0.1, -0.05) is 6.07 Å². The molecule has 2 saturated carbocycles. The zero-order valence-corrected chi connectivity index (χ0v) is 20.9. The maximum absolute atomic E-state index is 13.4. The smallest absolute Gasteiger partial charge is 0.277 e. The number of nitrogens with zero attached hydrogens (tertiary/aromatic N) is 4. The number of Topliss-reactive ketones (excluding diaryl/α,β-unsaturated/α-hetero) is 1. The predicted octanol–water partition coefficient (Wildman–Crippen LogP) is 4.84. The second-order valence-corrected chi connectivity index (χ2v) is 12.0. The molecule has 3 heterocycles. The lowest BCUT2D eigenvalue weighted by Gasteiger charge is -2.15. The van der Waals surface area contributed by atoms with Gasteiger partial charge in [-0.25, -0.2) is 22.2 Å². The van der Waals surface area contributed by atoms with Crippen molar-refractivity contribution in [3.8, 4) is 11.3 Å². The fourth-order valence-electron chi connectivity index (χ4n) is 4.56. The predicted molar refractivity (Wildman–Crippen MR) is 135 cm³/mol. The van der Waals surface area contributed by atoms with Gasteiger partial charge in [-0.3, -0.25) is 14.5 Å². The van der Waals surface area contributed by atoms with Gasteiger partial charge in [0.25, 0.3) is 6.43 Å². The quantitative estimate of drug-likeness (QED) is 0.428. The highest BCUT2D eigenvalue weighted by Crippen LogP contribution is 2.40. The SMILES string of the molecule is CS(=O)(=O)c1cc(-c2ccn(C3CC3)n2)ccc1Nc1cc(CC(=O)C2CC2)nc2c1N=C(C(F)F)C2. The van der Waals surface area contributed by atoms with Crippen LogP contribution in [0.1, 0.15) is 43.1 Å². The number of nitrogens with one attached hydrogen (secondary N) is 1. The third-order valence-electron chi connectivity index (χ3n) is 6.84. The lowest BCUT2D eigenvalue weighted by atomic mass is 10.1. The van der Waals surface area contributed by atoms with Crippen molar-refractivity contribution in [1.82, 2.24) is 14.8 Å². The van der Waals surface area contributed by atoms with E-state index in [1.165, 1.54) is 0 Å². The zero-order chi connectivity index (χ0) is 25.9. The van der Waals surface area contributed by atoms with Crippen molar-refractivity contribution < 1.29 is 22.0 Å². The van der Waals surface area contributed by atoms with Crippen LogP contribution in [-0.2, 0) is 27.5 Å². The molecule has 0 unspecified atom stereocenters. The second kappa shape index (κ2) is 8.83. The van der Waals surface area contributed by atoms with Crippen LogP contribution in [0, 0.1) is 5.92 Å². The summed E-state index contributed by atoms with van der Waals surface area (Å²) < 4.78 is 54.3. The number of pyridine rings is 1. The van der Waals surface area contributed by atoms with E-state index in [4.69, 9.17) is 0 Å². The van der Waals surface area contributed by atoms with E-state index in [0.29, 0.717) is 34.4 Å². The molecule has 0 bridgehead atoms. The molecule has 2 aliphatic carbocycles. The molecule has 6 rings (SSSR count). The molecule has 1 aliphatic heterocycles. The number of sulfone groups is 1. The lowest BCUT2D eigenvalue weighted by molar-refractivity contribution is -0.119. The number of hydrogen-bond acceptors (Lipinski definition) is 7. The first-order valence-corrected chi connectivity index (χ1v) is 14.1. The molecule has 0 saturated heterocycles. The van der Waals surface area contributed by atoms with E-state index in [0.717, 1.165) is 31.9 Å². The summed E-state index contributed by atoms with van der Waals surface area (Å²) in [6, 6.07) is 8.82. The third kappa shape index (κ3) is 4.92. The number of benzene rings is 1. The average molecular weight is 526 g/mol. The molecule has 0 atom stereocenters. The molecule has 37 heavy (non-hydrogen) atoms. The van der Waals surface area contributed by atoms with E-state index in [-0.39, 0.29) is 46.5 Å². The summed E-state index contributed by atoms with van der Waals surface area (Å²) in [4.78, 5) is 21.0. The van der Waals surface area contributed by atoms with Crippen LogP contribution in [0.4, 0.5) is 25.8 Å². The number of fused-ring (bicyclic) bond motifs is 1. The normalized spacial score (nSPS) is 17.1. The van der Waals surface area contributed by atoms with Gasteiger partial charge in [0.15, 0.2) is 9.84 Å². The monoisotopic (exact) mass is 525 g/mol. The van der Waals surface area contributed by atoms with Crippen LogP contribution >= 0.6 is 0 Å². The fourth-order valence-corrected chi connectivity index (χ4v) is 5.42. The van der Waals surface area contributed by atoms with Crippen molar-refractivity contribution in [3.63, 3.8) is 0 Å². The summed E-state index contributed by atoms with van der Waals surface area (Å²) in [6.45, 7) is 0. The number of ketones is 1. The van der Waals surface area contributed by atoms with E-state index >= 15 is 0 Å². The standard InChI is InChI=1S/C26H25F2N5O3S/c1-37(35,36)24-10-15(18-8-9-33(32-18)17-5-6-17)4-7-19(24)30-20-11-16(12-23(34)14-2-3-14)29-21-13-22(26(27)28)31-25(20)21/h4,7-11,14,17,26H,2-3,5-6,12-13H2,1H3,(H,29,30). The highest BCUT2D eigenvalue weighted by molar-refractivity contribution is 7.90. The van der Waals surface area contributed by atoms with E-state index < -0.39 is 16.3 Å². The molecule has 192 valence electrons. The number of carbonyl (C=O) groups is 1. The molecule has 3 aliphatic rings. The molecular weight excluding hydrogens is 500 g/mol. The van der Waals surface area contributed by atoms with E-state index in [1.54, 1.807) is 24.3 Å². The van der Waals surface area contributed by atoms with Crippen LogP contribution in [0.5, 0.6) is 0 Å². The molecule has 2 fully saturated rings. The molecule has 0 amide bonds. The van der Waals surface area contributed by atoms with Crippen LogP contribution in [0.15, 0.2) is 46.4 Å². The van der Waals surface area contributed by atoms with Crippen LogP contribution in [0.2, 0.25) is 0 Å². The molecule has 8 nitrogen and oxygen atoms in total. The first-order valence-electron chi connectivity index (χ1n) is 12.2. The Morgan fingerprint density at radius 2 is 1.92 bits per heavy atom. The average Bonchev–Trinajstić information content (AvgIpc) is 3.78. The Balaban J connectivity index is 1.38. The minimum atomic E-state index is -3.67. The number of carbonyl (C=O) groups excluding carboxylic acids is 1. The molecule has 11 heteroatoms. The summed E-state index contributed by atoms with van der Waals surface area (Å²) in [5.74, 6) is 0.102. The zero-order valence-electron chi connectivity index (χ0n) is 20.1. The Bertz CT molecular complexity index is 1560. The Labute approximate surface area is 212 Å². The number of anilines is 2. The van der Waals surface area contributed by atoms with Crippen LogP contribution in [0.3, 0.4) is 0 Å². The van der Waals surface area contributed by atoms with Gasteiger partial charge < -0.3 is 5.32 Å². The highest BCUT2D eigenvalue weighted by Gasteiger charge is 2.31. The maximum Gasteiger partial charge on any atom is 0.277 e. The topological polar surface area (TPSA) is 106 Å². The molecular formula is C26H25F2N5O3S. The van der Waals surface area contributed by atoms with Crippen LogP contribution in [-0.4, -0.2) is 47.4 Å². The third-order valence-corrected chi connectivity index (χ3v) is 7.97. The summed E-state index contributed by atoms with van der Waals surface area (Å²) in [5.41, 5.74) is 2.68. The van der Waals surface area contributed by atoms with Gasteiger partial charge in [0.2, 0.25) is 0 Å². The van der Waals surface area contributed by atoms with Gasteiger partial charge in [0, 0.05) is 36.8 Å². The van der Waals surface area contributed by atoms with Crippen molar-refractivity contribution in [2.45, 2.75) is 55.9 Å². The number of aliphatic imine (C=N–C) groups is 1. The summed E-state index contributed by atoms with van der Waals surface area (Å²) >= 11 is 0. The lowest BCUT2D eigenvalue weighted by Crippen LogP contribution is -2.11. The fraction of sp³-hybridized carbons (Fsp3) is 0.385. The number of alkyl halides is 2.